The highest BCUT2D eigenvalue weighted by Gasteiger charge is 2.09. The second kappa shape index (κ2) is 5.57. The fourth-order valence-corrected chi connectivity index (χ4v) is 1.77. The molecule has 19 heavy (non-hydrogen) atoms. The summed E-state index contributed by atoms with van der Waals surface area (Å²) in [7, 11) is 0. The topological polar surface area (TPSA) is 52.3 Å². The molecule has 0 aromatic heterocycles. The molecule has 0 saturated heterocycles. The Bertz CT molecular complexity index is 605. The van der Waals surface area contributed by atoms with Crippen LogP contribution < -0.4 is 5.73 Å². The highest BCUT2D eigenvalue weighted by atomic mass is 16.5. The first-order valence-electron chi connectivity index (χ1n) is 6.15. The van der Waals surface area contributed by atoms with Crippen molar-refractivity contribution < 1.29 is 9.53 Å². The normalized spacial score (nSPS) is 10.2. The van der Waals surface area contributed by atoms with Gasteiger partial charge in [-0.15, -0.1) is 0 Å². The lowest BCUT2D eigenvalue weighted by atomic mass is 10.1. The molecule has 0 aliphatic rings. The van der Waals surface area contributed by atoms with Crippen molar-refractivity contribution in [3.05, 3.63) is 64.7 Å². The number of benzene rings is 2. The van der Waals surface area contributed by atoms with Gasteiger partial charge in [-0.3, -0.25) is 0 Å². The molecule has 2 N–H and O–H groups in total. The largest absolute Gasteiger partial charge is 0.457 e. The monoisotopic (exact) mass is 255 g/mol. The summed E-state index contributed by atoms with van der Waals surface area (Å²) in [6.45, 7) is 4.17. The second-order valence-corrected chi connectivity index (χ2v) is 4.57. The Morgan fingerprint density at radius 1 is 1.11 bits per heavy atom. The van der Waals surface area contributed by atoms with Crippen molar-refractivity contribution in [3.63, 3.8) is 0 Å². The van der Waals surface area contributed by atoms with Crippen molar-refractivity contribution in [3.8, 4) is 0 Å². The SMILES string of the molecule is Cc1ccc(C(=O)OCc2ccccc2C)cc1N. The van der Waals surface area contributed by atoms with Crippen molar-refractivity contribution in [1.29, 1.82) is 0 Å². The van der Waals surface area contributed by atoms with Crippen LogP contribution in [0.3, 0.4) is 0 Å². The average molecular weight is 255 g/mol. The van der Waals surface area contributed by atoms with E-state index in [4.69, 9.17) is 10.5 Å². The molecule has 0 amide bonds. The smallest absolute Gasteiger partial charge is 0.338 e. The number of hydrogen-bond donors (Lipinski definition) is 1. The minimum absolute atomic E-state index is 0.277. The lowest BCUT2D eigenvalue weighted by molar-refractivity contribution is 0.0472. The van der Waals surface area contributed by atoms with Crippen LogP contribution in [0.5, 0.6) is 0 Å². The average Bonchev–Trinajstić information content (AvgIpc) is 2.40. The predicted molar refractivity (Wildman–Crippen MR) is 75.9 cm³/mol. The number of hydrogen-bond acceptors (Lipinski definition) is 3. The van der Waals surface area contributed by atoms with Crippen LogP contribution in [0.4, 0.5) is 5.69 Å². The van der Waals surface area contributed by atoms with Gasteiger partial charge in [0.15, 0.2) is 0 Å². The maximum atomic E-state index is 11.9. The van der Waals surface area contributed by atoms with E-state index < -0.39 is 0 Å². The van der Waals surface area contributed by atoms with Gasteiger partial charge in [0.1, 0.15) is 6.61 Å². The van der Waals surface area contributed by atoms with E-state index in [2.05, 4.69) is 0 Å². The molecule has 0 heterocycles. The summed E-state index contributed by atoms with van der Waals surface area (Å²) in [4.78, 5) is 11.9. The van der Waals surface area contributed by atoms with Gasteiger partial charge in [0.25, 0.3) is 0 Å². The van der Waals surface area contributed by atoms with Crippen molar-refractivity contribution in [2.75, 3.05) is 5.73 Å². The van der Waals surface area contributed by atoms with Crippen LogP contribution in [-0.4, -0.2) is 5.97 Å². The van der Waals surface area contributed by atoms with E-state index in [-0.39, 0.29) is 12.6 Å². The third-order valence-corrected chi connectivity index (χ3v) is 3.13. The summed E-state index contributed by atoms with van der Waals surface area (Å²) in [5.74, 6) is -0.352. The Balaban J connectivity index is 2.05. The molecule has 0 aliphatic heterocycles. The van der Waals surface area contributed by atoms with E-state index in [0.29, 0.717) is 11.3 Å². The van der Waals surface area contributed by atoms with E-state index in [1.165, 1.54) is 0 Å². The maximum absolute atomic E-state index is 11.9. The first-order valence-corrected chi connectivity index (χ1v) is 6.15. The number of carbonyl (C=O) groups is 1. The van der Waals surface area contributed by atoms with Crippen LogP contribution in [0.25, 0.3) is 0 Å². The molecule has 3 heteroatoms. The molecule has 0 radical (unpaired) electrons. The van der Waals surface area contributed by atoms with Gasteiger partial charge in [-0.2, -0.15) is 0 Å². The molecule has 0 bridgehead atoms. The van der Waals surface area contributed by atoms with E-state index in [1.54, 1.807) is 12.1 Å². The standard InChI is InChI=1S/C16H17NO2/c1-11-5-3-4-6-14(11)10-19-16(18)13-8-7-12(2)15(17)9-13/h3-9H,10,17H2,1-2H3. The summed E-state index contributed by atoms with van der Waals surface area (Å²) in [5, 5.41) is 0. The van der Waals surface area contributed by atoms with Crippen molar-refractivity contribution in [2.45, 2.75) is 20.5 Å². The Morgan fingerprint density at radius 2 is 1.84 bits per heavy atom. The summed E-state index contributed by atoms with van der Waals surface area (Å²) >= 11 is 0. The highest BCUT2D eigenvalue weighted by Crippen LogP contribution is 2.15. The molecular formula is C16H17NO2. The van der Waals surface area contributed by atoms with Crippen LogP contribution in [0.1, 0.15) is 27.0 Å². The lowest BCUT2D eigenvalue weighted by Crippen LogP contribution is -2.07. The molecule has 0 unspecified atom stereocenters. The van der Waals surface area contributed by atoms with Gasteiger partial charge >= 0.3 is 5.97 Å². The summed E-state index contributed by atoms with van der Waals surface area (Å²) < 4.78 is 5.30. The van der Waals surface area contributed by atoms with E-state index in [1.807, 2.05) is 44.2 Å². The van der Waals surface area contributed by atoms with Crippen LogP contribution >= 0.6 is 0 Å². The Morgan fingerprint density at radius 3 is 2.53 bits per heavy atom. The molecular weight excluding hydrogens is 238 g/mol. The quantitative estimate of drug-likeness (QED) is 0.676. The van der Waals surface area contributed by atoms with E-state index in [0.717, 1.165) is 16.7 Å². The molecule has 2 rings (SSSR count). The number of ether oxygens (including phenoxy) is 1. The number of nitrogens with two attached hydrogens (primary N) is 1. The van der Waals surface area contributed by atoms with Crippen molar-refractivity contribution in [1.82, 2.24) is 0 Å². The Kier molecular flexibility index (Phi) is 3.85. The van der Waals surface area contributed by atoms with Crippen LogP contribution in [-0.2, 0) is 11.3 Å². The van der Waals surface area contributed by atoms with Gasteiger partial charge in [-0.25, -0.2) is 4.79 Å². The fraction of sp³-hybridized carbons (Fsp3) is 0.188. The Hall–Kier alpha value is -2.29. The number of rotatable bonds is 3. The molecule has 0 aliphatic carbocycles. The first-order chi connectivity index (χ1) is 9.08. The van der Waals surface area contributed by atoms with Crippen LogP contribution in [0.2, 0.25) is 0 Å². The molecule has 3 nitrogen and oxygen atoms in total. The van der Waals surface area contributed by atoms with Gasteiger partial charge in [0, 0.05) is 5.69 Å². The number of carbonyl (C=O) groups excluding carboxylic acids is 1. The second-order valence-electron chi connectivity index (χ2n) is 4.57. The Labute approximate surface area is 113 Å². The van der Waals surface area contributed by atoms with Crippen LogP contribution in [0.15, 0.2) is 42.5 Å². The molecule has 2 aromatic carbocycles. The molecule has 0 saturated carbocycles. The number of esters is 1. The third kappa shape index (κ3) is 3.13. The lowest BCUT2D eigenvalue weighted by Gasteiger charge is -2.08. The molecule has 0 fully saturated rings. The summed E-state index contributed by atoms with van der Waals surface area (Å²) in [6, 6.07) is 13.0. The summed E-state index contributed by atoms with van der Waals surface area (Å²) in [5.41, 5.74) is 9.94. The number of nitrogen functional groups attached to an aromatic ring is 1. The maximum Gasteiger partial charge on any atom is 0.338 e. The van der Waals surface area contributed by atoms with Crippen molar-refractivity contribution in [2.24, 2.45) is 0 Å². The highest BCUT2D eigenvalue weighted by molar-refractivity contribution is 5.90. The molecule has 0 atom stereocenters. The fourth-order valence-electron chi connectivity index (χ4n) is 1.77. The molecule has 2 aromatic rings. The zero-order valence-electron chi connectivity index (χ0n) is 11.1. The van der Waals surface area contributed by atoms with Crippen molar-refractivity contribution >= 4 is 11.7 Å². The number of anilines is 1. The van der Waals surface area contributed by atoms with Gasteiger partial charge in [0.2, 0.25) is 0 Å². The summed E-state index contributed by atoms with van der Waals surface area (Å²) in [6.07, 6.45) is 0. The molecule has 98 valence electrons. The molecule has 0 spiro atoms. The minimum Gasteiger partial charge on any atom is -0.457 e. The van der Waals surface area contributed by atoms with E-state index in [9.17, 15) is 4.79 Å². The first kappa shape index (κ1) is 13.1. The number of aryl methyl sites for hydroxylation is 2. The van der Waals surface area contributed by atoms with Gasteiger partial charge in [-0.05, 0) is 42.7 Å². The zero-order chi connectivity index (χ0) is 13.8. The van der Waals surface area contributed by atoms with Crippen LogP contribution in [0, 0.1) is 13.8 Å². The van der Waals surface area contributed by atoms with E-state index >= 15 is 0 Å². The van der Waals surface area contributed by atoms with Gasteiger partial charge < -0.3 is 10.5 Å². The minimum atomic E-state index is -0.352. The predicted octanol–water partition coefficient (Wildman–Crippen LogP) is 3.24. The third-order valence-electron chi connectivity index (χ3n) is 3.13. The zero-order valence-corrected chi connectivity index (χ0v) is 11.1. The van der Waals surface area contributed by atoms with Gasteiger partial charge in [-0.1, -0.05) is 30.3 Å². The van der Waals surface area contributed by atoms with Gasteiger partial charge in [0.05, 0.1) is 5.56 Å².